The molecule has 40 heavy (non-hydrogen) atoms. The lowest BCUT2D eigenvalue weighted by Crippen LogP contribution is -2.54. The third kappa shape index (κ3) is 9.24. The highest BCUT2D eigenvalue weighted by Crippen LogP contribution is 2.21. The van der Waals surface area contributed by atoms with Crippen molar-refractivity contribution in [3.63, 3.8) is 0 Å². The average molecular weight is 554 g/mol. The molecule has 2 aliphatic rings. The summed E-state index contributed by atoms with van der Waals surface area (Å²) in [5.41, 5.74) is 1.75. The Morgan fingerprint density at radius 2 is 1.73 bits per heavy atom. The molecule has 0 radical (unpaired) electrons. The van der Waals surface area contributed by atoms with E-state index in [2.05, 4.69) is 29.0 Å². The van der Waals surface area contributed by atoms with Crippen molar-refractivity contribution in [1.29, 1.82) is 0 Å². The molecular formula is C31H43N3O6. The predicted octanol–water partition coefficient (Wildman–Crippen LogP) is 3.52. The van der Waals surface area contributed by atoms with Crippen LogP contribution >= 0.6 is 0 Å². The van der Waals surface area contributed by atoms with E-state index in [1.54, 1.807) is 26.2 Å². The van der Waals surface area contributed by atoms with Gasteiger partial charge in [0.15, 0.2) is 0 Å². The third-order valence-electron chi connectivity index (χ3n) is 7.42. The topological polar surface area (TPSA) is 123 Å². The molecule has 0 saturated carbocycles. The second-order valence-electron chi connectivity index (χ2n) is 10.7. The molecule has 1 saturated heterocycles. The highest BCUT2D eigenvalue weighted by atomic mass is 16.5. The normalized spacial score (nSPS) is 25.1. The lowest BCUT2D eigenvalue weighted by atomic mass is 9.94. The molecule has 1 aromatic carbocycles. The van der Waals surface area contributed by atoms with Crippen LogP contribution in [-0.4, -0.2) is 55.0 Å². The van der Waals surface area contributed by atoms with Gasteiger partial charge in [-0.3, -0.25) is 14.4 Å². The van der Waals surface area contributed by atoms with Crippen LogP contribution in [0, 0.1) is 5.92 Å². The maximum absolute atomic E-state index is 13.5. The molecule has 1 heterocycles. The van der Waals surface area contributed by atoms with E-state index >= 15 is 0 Å². The van der Waals surface area contributed by atoms with Crippen LogP contribution in [0.15, 0.2) is 48.1 Å². The van der Waals surface area contributed by atoms with Gasteiger partial charge in [0.2, 0.25) is 17.7 Å². The van der Waals surface area contributed by atoms with Crippen LogP contribution in [0.25, 0.3) is 0 Å². The number of methoxy groups -OCH3 is 1. The minimum absolute atomic E-state index is 0.0754. The van der Waals surface area contributed by atoms with Gasteiger partial charge >= 0.3 is 5.97 Å². The van der Waals surface area contributed by atoms with Crippen molar-refractivity contribution in [3.05, 3.63) is 53.6 Å². The van der Waals surface area contributed by atoms with E-state index in [4.69, 9.17) is 9.47 Å². The molecule has 218 valence electrons. The number of hydrogen-bond donors (Lipinski definition) is 3. The van der Waals surface area contributed by atoms with Crippen molar-refractivity contribution in [1.82, 2.24) is 16.0 Å². The van der Waals surface area contributed by atoms with Gasteiger partial charge in [0.05, 0.1) is 13.5 Å². The van der Waals surface area contributed by atoms with Gasteiger partial charge in [0, 0.05) is 12.8 Å². The molecular weight excluding hydrogens is 510 g/mol. The maximum Gasteiger partial charge on any atom is 0.329 e. The van der Waals surface area contributed by atoms with Crippen LogP contribution in [-0.2, 0) is 30.3 Å². The maximum atomic E-state index is 13.5. The molecule has 9 nitrogen and oxygen atoms in total. The monoisotopic (exact) mass is 553 g/mol. The van der Waals surface area contributed by atoms with Crippen molar-refractivity contribution >= 4 is 23.7 Å². The van der Waals surface area contributed by atoms with E-state index in [1.807, 2.05) is 31.2 Å². The lowest BCUT2D eigenvalue weighted by molar-refractivity contribution is -0.157. The fraction of sp³-hybridized carbons (Fsp3) is 0.548. The first kappa shape index (κ1) is 30.9. The Morgan fingerprint density at radius 1 is 0.975 bits per heavy atom. The molecule has 1 aromatic rings. The summed E-state index contributed by atoms with van der Waals surface area (Å²) in [6, 6.07) is 4.39. The molecule has 3 N–H and O–H groups in total. The van der Waals surface area contributed by atoms with E-state index in [9.17, 15) is 19.2 Å². The number of hydrogen-bond acceptors (Lipinski definition) is 6. The summed E-state index contributed by atoms with van der Waals surface area (Å²) in [5, 5.41) is 8.34. The Balaban J connectivity index is 1.89. The molecule has 0 aromatic heterocycles. The first-order valence-electron chi connectivity index (χ1n) is 14.3. The molecule has 1 aliphatic heterocycles. The summed E-state index contributed by atoms with van der Waals surface area (Å²) >= 11 is 0. The fourth-order valence-electron chi connectivity index (χ4n) is 4.87. The van der Waals surface area contributed by atoms with Gasteiger partial charge in [-0.25, -0.2) is 4.79 Å². The molecule has 3 rings (SSSR count). The Labute approximate surface area is 237 Å². The van der Waals surface area contributed by atoms with Crippen molar-refractivity contribution in [3.8, 4) is 5.75 Å². The quantitative estimate of drug-likeness (QED) is 0.402. The number of esters is 1. The van der Waals surface area contributed by atoms with E-state index in [-0.39, 0.29) is 24.7 Å². The van der Waals surface area contributed by atoms with Gasteiger partial charge < -0.3 is 25.4 Å². The molecule has 0 spiro atoms. The van der Waals surface area contributed by atoms with Gasteiger partial charge in [0.25, 0.3) is 0 Å². The number of allylic oxidation sites excluding steroid dienone is 3. The summed E-state index contributed by atoms with van der Waals surface area (Å²) in [5.74, 6) is -1.37. The molecule has 0 unspecified atom stereocenters. The average Bonchev–Trinajstić information content (AvgIpc) is 2.95. The van der Waals surface area contributed by atoms with Crippen LogP contribution in [0.5, 0.6) is 5.75 Å². The molecule has 1 aliphatic carbocycles. The SMILES string of the molecule is CCCC[C@H](C)[C@@H]1CC(=O)N[C@@H](CC2=CCCC=C2)C(=O)N[C@@H](C)C(=O)N[C@@H](Cc2ccc(OC)cc2)C(=O)O1. The number of unbranched alkanes of at least 4 members (excludes halogenated alkanes) is 1. The highest BCUT2D eigenvalue weighted by Gasteiger charge is 2.33. The first-order valence-corrected chi connectivity index (χ1v) is 14.3. The number of amides is 3. The van der Waals surface area contributed by atoms with Crippen molar-refractivity contribution in [2.75, 3.05) is 7.11 Å². The van der Waals surface area contributed by atoms with Crippen molar-refractivity contribution < 1.29 is 28.7 Å². The summed E-state index contributed by atoms with van der Waals surface area (Å²) in [6.07, 6.45) is 10.2. The third-order valence-corrected chi connectivity index (χ3v) is 7.42. The van der Waals surface area contributed by atoms with E-state index < -0.39 is 42.0 Å². The lowest BCUT2D eigenvalue weighted by Gasteiger charge is -2.27. The number of ether oxygens (including phenoxy) is 2. The second-order valence-corrected chi connectivity index (χ2v) is 10.7. The Hall–Kier alpha value is -3.62. The largest absolute Gasteiger partial charge is 0.497 e. The first-order chi connectivity index (χ1) is 19.2. The summed E-state index contributed by atoms with van der Waals surface area (Å²) in [4.78, 5) is 53.2. The van der Waals surface area contributed by atoms with Crippen LogP contribution in [0.4, 0.5) is 0 Å². The zero-order valence-electron chi connectivity index (χ0n) is 24.0. The number of rotatable bonds is 9. The number of benzene rings is 1. The number of carbonyl (C=O) groups excluding carboxylic acids is 4. The standard InChI is InChI=1S/C31H43N3O6/c1-5-6-10-20(2)27-19-28(35)33-25(17-22-11-8-7-9-12-22)30(37)32-21(3)29(36)34-26(31(38)40-27)18-23-13-15-24(39-4)16-14-23/h8,11-16,20-21,25-27H,5-7,9-10,17-19H2,1-4H3,(H,32,37)(H,33,35)(H,34,36)/t20-,21-,25-,26-,27-/m0/s1. The Bertz CT molecular complexity index is 1100. The van der Waals surface area contributed by atoms with Gasteiger partial charge in [-0.15, -0.1) is 0 Å². The number of nitrogens with one attached hydrogen (secondary N) is 3. The summed E-state index contributed by atoms with van der Waals surface area (Å²) in [7, 11) is 1.57. The molecule has 9 heteroatoms. The van der Waals surface area contributed by atoms with Gasteiger partial charge in [-0.1, -0.05) is 57.0 Å². The summed E-state index contributed by atoms with van der Waals surface area (Å²) in [6.45, 7) is 5.59. The molecule has 5 atom stereocenters. The Kier molecular flexibility index (Phi) is 11.8. The number of carbonyl (C=O) groups is 4. The number of cyclic esters (lactones) is 1. The van der Waals surface area contributed by atoms with Crippen LogP contribution in [0.2, 0.25) is 0 Å². The summed E-state index contributed by atoms with van der Waals surface area (Å²) < 4.78 is 11.2. The van der Waals surface area contributed by atoms with E-state index in [1.165, 1.54) is 0 Å². The minimum atomic E-state index is -1.00. The predicted molar refractivity (Wildman–Crippen MR) is 152 cm³/mol. The van der Waals surface area contributed by atoms with Gasteiger partial charge in [-0.05, 0) is 55.4 Å². The van der Waals surface area contributed by atoms with Gasteiger partial charge in [0.1, 0.15) is 30.0 Å². The zero-order valence-corrected chi connectivity index (χ0v) is 24.0. The van der Waals surface area contributed by atoms with Gasteiger partial charge in [-0.2, -0.15) is 0 Å². The zero-order chi connectivity index (χ0) is 29.1. The van der Waals surface area contributed by atoms with Crippen molar-refractivity contribution in [2.24, 2.45) is 5.92 Å². The molecule has 1 fully saturated rings. The fourth-order valence-corrected chi connectivity index (χ4v) is 4.87. The van der Waals surface area contributed by atoms with Crippen LogP contribution < -0.4 is 20.7 Å². The second kappa shape index (κ2) is 15.2. The smallest absolute Gasteiger partial charge is 0.329 e. The van der Waals surface area contributed by atoms with Crippen LogP contribution in [0.3, 0.4) is 0 Å². The van der Waals surface area contributed by atoms with E-state index in [0.717, 1.165) is 43.2 Å². The van der Waals surface area contributed by atoms with Crippen molar-refractivity contribution in [2.45, 2.75) is 96.4 Å². The highest BCUT2D eigenvalue weighted by molar-refractivity contribution is 5.94. The molecule has 0 bridgehead atoms. The minimum Gasteiger partial charge on any atom is -0.497 e. The van der Waals surface area contributed by atoms with E-state index in [0.29, 0.717) is 12.2 Å². The Morgan fingerprint density at radius 3 is 2.38 bits per heavy atom. The molecule has 3 amide bonds. The van der Waals surface area contributed by atoms with Crippen LogP contribution in [0.1, 0.15) is 71.3 Å².